The normalized spacial score (nSPS) is 17.1. The Labute approximate surface area is 95.1 Å². The minimum absolute atomic E-state index is 0.103. The number of pyridine rings is 1. The summed E-state index contributed by atoms with van der Waals surface area (Å²) >= 11 is 0. The van der Waals surface area contributed by atoms with Crippen molar-refractivity contribution in [2.24, 2.45) is 5.73 Å². The van der Waals surface area contributed by atoms with Gasteiger partial charge in [-0.15, -0.1) is 0 Å². The molecule has 1 saturated carbocycles. The zero-order valence-electron chi connectivity index (χ0n) is 9.06. The van der Waals surface area contributed by atoms with E-state index in [-0.39, 0.29) is 5.54 Å². The molecule has 0 unspecified atom stereocenters. The van der Waals surface area contributed by atoms with Crippen LogP contribution in [-0.4, -0.2) is 4.98 Å². The van der Waals surface area contributed by atoms with Crippen LogP contribution in [0.3, 0.4) is 0 Å². The summed E-state index contributed by atoms with van der Waals surface area (Å²) in [6.07, 6.45) is 5.90. The van der Waals surface area contributed by atoms with Crippen molar-refractivity contribution in [1.29, 1.82) is 0 Å². The number of nitrogens with two attached hydrogens (primary N) is 1. The third-order valence-corrected chi connectivity index (χ3v) is 3.23. The molecule has 2 N–H and O–H groups in total. The third-order valence-electron chi connectivity index (χ3n) is 3.23. The molecule has 0 spiro atoms. The molecule has 1 fully saturated rings. The van der Waals surface area contributed by atoms with Crippen LogP contribution in [0.1, 0.15) is 18.4 Å². The van der Waals surface area contributed by atoms with Crippen molar-refractivity contribution >= 4 is 0 Å². The van der Waals surface area contributed by atoms with Gasteiger partial charge in [-0.3, -0.25) is 4.98 Å². The average Bonchev–Trinajstić information content (AvgIpc) is 3.10. The Hall–Kier alpha value is -1.67. The highest BCUT2D eigenvalue weighted by Gasteiger charge is 2.41. The Kier molecular flexibility index (Phi) is 2.04. The van der Waals surface area contributed by atoms with E-state index in [1.807, 2.05) is 30.6 Å². The molecular weight excluding hydrogens is 196 g/mol. The van der Waals surface area contributed by atoms with Gasteiger partial charge in [-0.2, -0.15) is 0 Å². The van der Waals surface area contributed by atoms with E-state index in [1.54, 1.807) is 0 Å². The van der Waals surface area contributed by atoms with E-state index >= 15 is 0 Å². The van der Waals surface area contributed by atoms with E-state index in [2.05, 4.69) is 23.2 Å². The third kappa shape index (κ3) is 1.51. The molecule has 0 atom stereocenters. The van der Waals surface area contributed by atoms with Crippen molar-refractivity contribution in [1.82, 2.24) is 4.98 Å². The van der Waals surface area contributed by atoms with Crippen LogP contribution in [0.15, 0.2) is 48.8 Å². The number of hydrogen-bond donors (Lipinski definition) is 1. The smallest absolute Gasteiger partial charge is 0.0418 e. The van der Waals surface area contributed by atoms with Gasteiger partial charge in [0.2, 0.25) is 0 Å². The van der Waals surface area contributed by atoms with Crippen molar-refractivity contribution in [3.8, 4) is 11.1 Å². The van der Waals surface area contributed by atoms with Gasteiger partial charge in [0.15, 0.2) is 0 Å². The summed E-state index contributed by atoms with van der Waals surface area (Å²) in [5, 5.41) is 0. The molecule has 2 nitrogen and oxygen atoms in total. The maximum absolute atomic E-state index is 6.28. The molecule has 16 heavy (non-hydrogen) atoms. The Morgan fingerprint density at radius 3 is 2.50 bits per heavy atom. The van der Waals surface area contributed by atoms with Crippen molar-refractivity contribution in [2.45, 2.75) is 18.4 Å². The van der Waals surface area contributed by atoms with E-state index in [4.69, 9.17) is 5.73 Å². The minimum atomic E-state index is -0.103. The van der Waals surface area contributed by atoms with Crippen LogP contribution >= 0.6 is 0 Å². The van der Waals surface area contributed by atoms with Gasteiger partial charge in [-0.25, -0.2) is 0 Å². The van der Waals surface area contributed by atoms with Crippen molar-refractivity contribution < 1.29 is 0 Å². The van der Waals surface area contributed by atoms with Crippen LogP contribution in [0.25, 0.3) is 11.1 Å². The standard InChI is InChI=1S/C14H14N2/c15-14(7-8-14)13-6-9-16-10-12(13)11-4-2-1-3-5-11/h1-6,9-10H,7-8,15H2. The second kappa shape index (κ2) is 3.42. The fourth-order valence-electron chi connectivity index (χ4n) is 2.08. The quantitative estimate of drug-likeness (QED) is 0.827. The Morgan fingerprint density at radius 2 is 1.81 bits per heavy atom. The molecule has 80 valence electrons. The molecule has 1 aromatic heterocycles. The summed E-state index contributed by atoms with van der Waals surface area (Å²) in [5.74, 6) is 0. The number of aromatic nitrogens is 1. The largest absolute Gasteiger partial charge is 0.321 e. The highest BCUT2D eigenvalue weighted by Crippen LogP contribution is 2.46. The SMILES string of the molecule is NC1(c2ccncc2-c2ccccc2)CC1. The average molecular weight is 210 g/mol. The van der Waals surface area contributed by atoms with Crippen LogP contribution in [0.2, 0.25) is 0 Å². The second-order valence-electron chi connectivity index (χ2n) is 4.44. The van der Waals surface area contributed by atoms with Crippen LogP contribution in [0, 0.1) is 0 Å². The van der Waals surface area contributed by atoms with Gasteiger partial charge in [0.1, 0.15) is 0 Å². The predicted molar refractivity (Wildman–Crippen MR) is 64.8 cm³/mol. The molecule has 3 rings (SSSR count). The first kappa shape index (κ1) is 9.55. The number of rotatable bonds is 2. The number of hydrogen-bond acceptors (Lipinski definition) is 2. The van der Waals surface area contributed by atoms with Crippen LogP contribution in [0.5, 0.6) is 0 Å². The van der Waals surface area contributed by atoms with E-state index in [0.29, 0.717) is 0 Å². The van der Waals surface area contributed by atoms with Crippen LogP contribution in [0.4, 0.5) is 0 Å². The monoisotopic (exact) mass is 210 g/mol. The molecule has 1 heterocycles. The molecule has 0 radical (unpaired) electrons. The lowest BCUT2D eigenvalue weighted by molar-refractivity contribution is 0.740. The number of nitrogens with zero attached hydrogens (tertiary/aromatic N) is 1. The first-order valence-corrected chi connectivity index (χ1v) is 5.58. The maximum Gasteiger partial charge on any atom is 0.0418 e. The number of benzene rings is 1. The lowest BCUT2D eigenvalue weighted by Crippen LogP contribution is -2.19. The molecule has 1 aliphatic rings. The Morgan fingerprint density at radius 1 is 1.06 bits per heavy atom. The van der Waals surface area contributed by atoms with Gasteiger partial charge in [-0.1, -0.05) is 30.3 Å². The summed E-state index contributed by atoms with van der Waals surface area (Å²) in [7, 11) is 0. The van der Waals surface area contributed by atoms with E-state index in [9.17, 15) is 0 Å². The summed E-state index contributed by atoms with van der Waals surface area (Å²) < 4.78 is 0. The van der Waals surface area contributed by atoms with Crippen LogP contribution < -0.4 is 5.73 Å². The first-order valence-electron chi connectivity index (χ1n) is 5.58. The molecule has 1 aromatic carbocycles. The molecule has 2 heteroatoms. The Bertz CT molecular complexity index is 501. The Balaban J connectivity index is 2.14. The summed E-state index contributed by atoms with van der Waals surface area (Å²) in [5.41, 5.74) is 9.77. The van der Waals surface area contributed by atoms with Gasteiger partial charge >= 0.3 is 0 Å². The minimum Gasteiger partial charge on any atom is -0.321 e. The zero-order valence-corrected chi connectivity index (χ0v) is 9.06. The lowest BCUT2D eigenvalue weighted by atomic mass is 9.96. The molecule has 0 aliphatic heterocycles. The molecule has 2 aromatic rings. The summed E-state index contributed by atoms with van der Waals surface area (Å²) in [6, 6.07) is 12.4. The molecule has 1 aliphatic carbocycles. The zero-order chi connectivity index (χ0) is 11.0. The predicted octanol–water partition coefficient (Wildman–Crippen LogP) is 2.70. The van der Waals surface area contributed by atoms with Crippen molar-refractivity contribution in [2.75, 3.05) is 0 Å². The van der Waals surface area contributed by atoms with Gasteiger partial charge < -0.3 is 5.73 Å². The van der Waals surface area contributed by atoms with Crippen molar-refractivity contribution in [3.63, 3.8) is 0 Å². The maximum atomic E-state index is 6.28. The van der Waals surface area contributed by atoms with Gasteiger partial charge in [-0.05, 0) is 30.0 Å². The van der Waals surface area contributed by atoms with Gasteiger partial charge in [0, 0.05) is 23.5 Å². The highest BCUT2D eigenvalue weighted by molar-refractivity contribution is 5.68. The summed E-state index contributed by atoms with van der Waals surface area (Å²) in [4.78, 5) is 4.21. The first-order chi connectivity index (χ1) is 7.80. The molecular formula is C14H14N2. The molecule has 0 saturated heterocycles. The van der Waals surface area contributed by atoms with E-state index < -0.39 is 0 Å². The van der Waals surface area contributed by atoms with Crippen molar-refractivity contribution in [3.05, 3.63) is 54.4 Å². The van der Waals surface area contributed by atoms with Crippen LogP contribution in [-0.2, 0) is 5.54 Å². The molecule has 0 bridgehead atoms. The topological polar surface area (TPSA) is 38.9 Å². The second-order valence-corrected chi connectivity index (χ2v) is 4.44. The van der Waals surface area contributed by atoms with Gasteiger partial charge in [0.25, 0.3) is 0 Å². The van der Waals surface area contributed by atoms with Gasteiger partial charge in [0.05, 0.1) is 0 Å². The fourth-order valence-corrected chi connectivity index (χ4v) is 2.08. The van der Waals surface area contributed by atoms with E-state index in [0.717, 1.165) is 12.8 Å². The fraction of sp³-hybridized carbons (Fsp3) is 0.214. The lowest BCUT2D eigenvalue weighted by Gasteiger charge is -2.14. The highest BCUT2D eigenvalue weighted by atomic mass is 14.8. The van der Waals surface area contributed by atoms with E-state index in [1.165, 1.54) is 16.7 Å². The summed E-state index contributed by atoms with van der Waals surface area (Å²) in [6.45, 7) is 0. The molecule has 0 amide bonds.